The van der Waals surface area contributed by atoms with Gasteiger partial charge < -0.3 is 5.43 Å². The molecule has 0 spiro atoms. The molecule has 21 heavy (non-hydrogen) atoms. The summed E-state index contributed by atoms with van der Waals surface area (Å²) in [7, 11) is -3.76. The minimum atomic E-state index is -3.76. The molecule has 0 radical (unpaired) electrons. The van der Waals surface area contributed by atoms with Crippen molar-refractivity contribution in [1.29, 1.82) is 0 Å². The van der Waals surface area contributed by atoms with E-state index in [0.29, 0.717) is 5.56 Å². The average Bonchev–Trinajstić information content (AvgIpc) is 2.49. The zero-order chi connectivity index (χ0) is 15.3. The third-order valence-electron chi connectivity index (χ3n) is 2.84. The number of hydrogen-bond acceptors (Lipinski definition) is 5. The number of aromatic nitrogens is 1. The Balaban J connectivity index is 2.07. The molecule has 1 heterocycles. The molecule has 1 aromatic heterocycles. The van der Waals surface area contributed by atoms with Crippen molar-refractivity contribution in [3.05, 3.63) is 54.0 Å². The molecule has 0 atom stereocenters. The van der Waals surface area contributed by atoms with E-state index in [1.165, 1.54) is 24.4 Å². The van der Waals surface area contributed by atoms with Gasteiger partial charge in [-0.05, 0) is 30.2 Å². The third kappa shape index (κ3) is 3.75. The van der Waals surface area contributed by atoms with Crippen LogP contribution in [0.2, 0.25) is 0 Å². The number of benzene rings is 1. The molecule has 2 aromatic rings. The number of nitrogen functional groups attached to an aromatic ring is 1. The van der Waals surface area contributed by atoms with Gasteiger partial charge in [0.25, 0.3) is 0 Å². The monoisotopic (exact) mass is 310 g/mol. The van der Waals surface area contributed by atoms with Gasteiger partial charge in [0.1, 0.15) is 10.7 Å². The molecule has 0 aliphatic rings. The lowest BCUT2D eigenvalue weighted by atomic mass is 10.1. The van der Waals surface area contributed by atoms with Crippen LogP contribution in [0.1, 0.15) is 5.56 Å². The maximum atomic E-state index is 13.4. The summed E-state index contributed by atoms with van der Waals surface area (Å²) in [5.41, 5.74) is 2.68. The first-order valence-corrected chi connectivity index (χ1v) is 7.67. The molecule has 0 amide bonds. The van der Waals surface area contributed by atoms with Crippen molar-refractivity contribution < 1.29 is 12.8 Å². The average molecular weight is 310 g/mol. The van der Waals surface area contributed by atoms with Crippen molar-refractivity contribution in [2.45, 2.75) is 11.3 Å². The maximum absolute atomic E-state index is 13.4. The predicted molar refractivity (Wildman–Crippen MR) is 77.3 cm³/mol. The summed E-state index contributed by atoms with van der Waals surface area (Å²) in [4.78, 5) is 3.77. The second kappa shape index (κ2) is 6.61. The lowest BCUT2D eigenvalue weighted by Gasteiger charge is -2.10. The first-order valence-electron chi connectivity index (χ1n) is 6.19. The minimum Gasteiger partial charge on any atom is -0.307 e. The van der Waals surface area contributed by atoms with Gasteiger partial charge in [-0.2, -0.15) is 0 Å². The SMILES string of the molecule is NNc1ncccc1S(=O)(=O)NCCc1ccccc1F. The molecule has 112 valence electrons. The fourth-order valence-electron chi connectivity index (χ4n) is 1.81. The van der Waals surface area contributed by atoms with Crippen LogP contribution in [0.4, 0.5) is 10.2 Å². The molecule has 6 nitrogen and oxygen atoms in total. The number of halogens is 1. The highest BCUT2D eigenvalue weighted by Crippen LogP contribution is 2.16. The number of sulfonamides is 1. The van der Waals surface area contributed by atoms with Crippen molar-refractivity contribution in [1.82, 2.24) is 9.71 Å². The van der Waals surface area contributed by atoms with Crippen LogP contribution in [0.15, 0.2) is 47.5 Å². The van der Waals surface area contributed by atoms with Gasteiger partial charge in [0.15, 0.2) is 5.82 Å². The molecule has 0 bridgehead atoms. The highest BCUT2D eigenvalue weighted by atomic mass is 32.2. The fraction of sp³-hybridized carbons (Fsp3) is 0.154. The van der Waals surface area contributed by atoms with Gasteiger partial charge in [-0.15, -0.1) is 0 Å². The van der Waals surface area contributed by atoms with Crippen LogP contribution in [0, 0.1) is 5.82 Å². The molecule has 0 aliphatic carbocycles. The largest absolute Gasteiger partial charge is 0.307 e. The van der Waals surface area contributed by atoms with Crippen LogP contribution in [0.5, 0.6) is 0 Å². The number of nitrogens with two attached hydrogens (primary N) is 1. The molecule has 8 heteroatoms. The molecule has 0 fully saturated rings. The normalized spacial score (nSPS) is 11.3. The summed E-state index contributed by atoms with van der Waals surface area (Å²) < 4.78 is 40.1. The van der Waals surface area contributed by atoms with E-state index in [1.807, 2.05) is 0 Å². The topological polar surface area (TPSA) is 97.1 Å². The Morgan fingerprint density at radius 1 is 1.19 bits per heavy atom. The van der Waals surface area contributed by atoms with Gasteiger partial charge in [-0.1, -0.05) is 18.2 Å². The molecule has 2 rings (SSSR count). The Kier molecular flexibility index (Phi) is 4.84. The summed E-state index contributed by atoms with van der Waals surface area (Å²) in [5.74, 6) is 4.93. The number of nitrogens with one attached hydrogen (secondary N) is 2. The van der Waals surface area contributed by atoms with Crippen molar-refractivity contribution in [2.75, 3.05) is 12.0 Å². The Labute approximate surface area is 122 Å². The quantitative estimate of drug-likeness (QED) is 0.547. The van der Waals surface area contributed by atoms with Crippen LogP contribution in [0.3, 0.4) is 0 Å². The minimum absolute atomic E-state index is 0.0518. The number of hydrazine groups is 1. The molecule has 0 saturated heterocycles. The fourth-order valence-corrected chi connectivity index (χ4v) is 2.96. The van der Waals surface area contributed by atoms with E-state index in [2.05, 4.69) is 15.1 Å². The number of pyridine rings is 1. The maximum Gasteiger partial charge on any atom is 0.244 e. The summed E-state index contributed by atoms with van der Waals surface area (Å²) in [6.07, 6.45) is 1.67. The number of hydrogen-bond donors (Lipinski definition) is 3. The Morgan fingerprint density at radius 3 is 2.67 bits per heavy atom. The van der Waals surface area contributed by atoms with Crippen molar-refractivity contribution in [2.24, 2.45) is 5.84 Å². The molecular formula is C13H15FN4O2S. The lowest BCUT2D eigenvalue weighted by molar-refractivity contribution is 0.577. The Hall–Kier alpha value is -2.03. The Bertz CT molecular complexity index is 722. The lowest BCUT2D eigenvalue weighted by Crippen LogP contribution is -2.27. The number of nitrogens with zero attached hydrogens (tertiary/aromatic N) is 1. The highest BCUT2D eigenvalue weighted by Gasteiger charge is 2.18. The van der Waals surface area contributed by atoms with E-state index in [1.54, 1.807) is 18.2 Å². The highest BCUT2D eigenvalue weighted by molar-refractivity contribution is 7.89. The zero-order valence-corrected chi connectivity index (χ0v) is 11.9. The Morgan fingerprint density at radius 2 is 1.95 bits per heavy atom. The van der Waals surface area contributed by atoms with Crippen LogP contribution < -0.4 is 16.0 Å². The van der Waals surface area contributed by atoms with Gasteiger partial charge in [-0.25, -0.2) is 28.4 Å². The van der Waals surface area contributed by atoms with Gasteiger partial charge >= 0.3 is 0 Å². The number of anilines is 1. The van der Waals surface area contributed by atoms with E-state index >= 15 is 0 Å². The molecule has 4 N–H and O–H groups in total. The van der Waals surface area contributed by atoms with Crippen LogP contribution in [-0.4, -0.2) is 19.9 Å². The van der Waals surface area contributed by atoms with E-state index in [0.717, 1.165) is 0 Å². The van der Waals surface area contributed by atoms with Crippen molar-refractivity contribution >= 4 is 15.8 Å². The molecule has 0 unspecified atom stereocenters. The van der Waals surface area contributed by atoms with E-state index in [-0.39, 0.29) is 29.5 Å². The van der Waals surface area contributed by atoms with Crippen LogP contribution >= 0.6 is 0 Å². The summed E-state index contributed by atoms with van der Waals surface area (Å²) >= 11 is 0. The smallest absolute Gasteiger partial charge is 0.244 e. The van der Waals surface area contributed by atoms with Crippen LogP contribution in [-0.2, 0) is 16.4 Å². The van der Waals surface area contributed by atoms with E-state index < -0.39 is 10.0 Å². The summed E-state index contributed by atoms with van der Waals surface area (Å²) in [6.45, 7) is 0.0716. The van der Waals surface area contributed by atoms with Crippen molar-refractivity contribution in [3.63, 3.8) is 0 Å². The second-order valence-corrected chi connectivity index (χ2v) is 5.97. The van der Waals surface area contributed by atoms with Gasteiger partial charge in [-0.3, -0.25) is 0 Å². The van der Waals surface area contributed by atoms with Gasteiger partial charge in [0, 0.05) is 12.7 Å². The zero-order valence-electron chi connectivity index (χ0n) is 11.1. The van der Waals surface area contributed by atoms with E-state index in [4.69, 9.17) is 5.84 Å². The molecule has 0 aliphatic heterocycles. The van der Waals surface area contributed by atoms with E-state index in [9.17, 15) is 12.8 Å². The third-order valence-corrected chi connectivity index (χ3v) is 4.33. The second-order valence-electron chi connectivity index (χ2n) is 4.23. The summed E-state index contributed by atoms with van der Waals surface area (Å²) in [6, 6.07) is 9.10. The first kappa shape index (κ1) is 15.4. The van der Waals surface area contributed by atoms with Gasteiger partial charge in [0.05, 0.1) is 0 Å². The first-order chi connectivity index (χ1) is 10.0. The van der Waals surface area contributed by atoms with Crippen molar-refractivity contribution in [3.8, 4) is 0 Å². The molecule has 0 saturated carbocycles. The van der Waals surface area contributed by atoms with Gasteiger partial charge in [0.2, 0.25) is 10.0 Å². The standard InChI is InChI=1S/C13H15FN4O2S/c14-11-5-2-1-4-10(11)7-9-17-21(19,20)12-6-3-8-16-13(12)18-15/h1-6,8,17H,7,9,15H2,(H,16,18). The van der Waals surface area contributed by atoms with Crippen LogP contribution in [0.25, 0.3) is 0 Å². The predicted octanol–water partition coefficient (Wildman–Crippen LogP) is 1.03. The molecule has 1 aromatic carbocycles. The number of rotatable bonds is 6. The summed E-state index contributed by atoms with van der Waals surface area (Å²) in [5, 5.41) is 0. The molecular weight excluding hydrogens is 295 g/mol.